The number of hydrogen-bond donors (Lipinski definition) is 3. The molecule has 28 heavy (non-hydrogen) atoms. The van der Waals surface area contributed by atoms with Crippen molar-refractivity contribution in [3.8, 4) is 0 Å². The Morgan fingerprint density at radius 2 is 1.96 bits per heavy atom. The van der Waals surface area contributed by atoms with Gasteiger partial charge in [-0.1, -0.05) is 35.3 Å². The van der Waals surface area contributed by atoms with Gasteiger partial charge < -0.3 is 15.6 Å². The summed E-state index contributed by atoms with van der Waals surface area (Å²) in [5.74, 6) is 0.755. The first-order valence-electron chi connectivity index (χ1n) is 9.69. The van der Waals surface area contributed by atoms with Gasteiger partial charge >= 0.3 is 0 Å². The minimum atomic E-state index is 0.0301. The van der Waals surface area contributed by atoms with Crippen LogP contribution in [-0.4, -0.2) is 18.1 Å². The maximum atomic E-state index is 12.2. The van der Waals surface area contributed by atoms with Crippen LogP contribution in [0.4, 0.5) is 5.82 Å². The number of fused-ring (bicyclic) bond motifs is 2. The van der Waals surface area contributed by atoms with Crippen molar-refractivity contribution in [2.75, 3.05) is 18.4 Å². The zero-order valence-electron chi connectivity index (χ0n) is 15.5. The smallest absolute Gasteiger partial charge is 0.191 e. The average Bonchev–Trinajstić information content (AvgIpc) is 2.68. The number of aromatic nitrogens is 1. The Morgan fingerprint density at radius 1 is 1.11 bits per heavy atom. The maximum Gasteiger partial charge on any atom is 0.191 e. The summed E-state index contributed by atoms with van der Waals surface area (Å²) in [6.07, 6.45) is 4.17. The van der Waals surface area contributed by atoms with Crippen molar-refractivity contribution in [1.82, 2.24) is 10.3 Å². The third-order valence-corrected chi connectivity index (χ3v) is 5.84. The molecule has 0 fully saturated rings. The van der Waals surface area contributed by atoms with Gasteiger partial charge in [0, 0.05) is 34.1 Å². The lowest BCUT2D eigenvalue weighted by Gasteiger charge is -2.27. The Balaban J connectivity index is 1.32. The number of anilines is 1. The van der Waals surface area contributed by atoms with Crippen LogP contribution in [0.15, 0.2) is 47.3 Å². The van der Waals surface area contributed by atoms with Gasteiger partial charge in [0.15, 0.2) is 5.43 Å². The van der Waals surface area contributed by atoms with E-state index >= 15 is 0 Å². The van der Waals surface area contributed by atoms with Crippen LogP contribution < -0.4 is 16.1 Å². The van der Waals surface area contributed by atoms with E-state index in [9.17, 15) is 4.79 Å². The molecule has 3 aromatic rings. The first-order chi connectivity index (χ1) is 13.6. The topological polar surface area (TPSA) is 56.9 Å². The molecule has 0 saturated heterocycles. The van der Waals surface area contributed by atoms with Gasteiger partial charge in [-0.3, -0.25) is 4.79 Å². The van der Waals surface area contributed by atoms with Crippen LogP contribution in [-0.2, 0) is 6.42 Å². The molecule has 1 atom stereocenters. The third-order valence-electron chi connectivity index (χ3n) is 5.29. The van der Waals surface area contributed by atoms with Gasteiger partial charge in [0.1, 0.15) is 5.82 Å². The monoisotopic (exact) mass is 415 g/mol. The Labute approximate surface area is 174 Å². The molecule has 0 bridgehead atoms. The summed E-state index contributed by atoms with van der Waals surface area (Å²) in [7, 11) is 0. The van der Waals surface area contributed by atoms with Gasteiger partial charge in [-0.05, 0) is 67.6 Å². The zero-order valence-corrected chi connectivity index (χ0v) is 17.0. The number of halogens is 2. The van der Waals surface area contributed by atoms with Gasteiger partial charge in [-0.2, -0.15) is 0 Å². The summed E-state index contributed by atoms with van der Waals surface area (Å²) in [6.45, 7) is 1.65. The van der Waals surface area contributed by atoms with Crippen LogP contribution in [0, 0.1) is 0 Å². The molecule has 1 aliphatic rings. The second-order valence-corrected chi connectivity index (χ2v) is 8.07. The molecule has 3 N–H and O–H groups in total. The van der Waals surface area contributed by atoms with Crippen molar-refractivity contribution in [2.45, 2.75) is 31.7 Å². The Hall–Kier alpha value is -2.01. The number of aromatic amines is 1. The number of benzene rings is 2. The molecule has 1 aromatic heterocycles. The van der Waals surface area contributed by atoms with Crippen LogP contribution in [0.2, 0.25) is 10.0 Å². The molecule has 146 valence electrons. The van der Waals surface area contributed by atoms with E-state index in [0.29, 0.717) is 16.5 Å². The highest BCUT2D eigenvalue weighted by Gasteiger charge is 2.22. The molecule has 4 nitrogen and oxygen atoms in total. The molecule has 0 aliphatic heterocycles. The lowest BCUT2D eigenvalue weighted by molar-refractivity contribution is 0.458. The summed E-state index contributed by atoms with van der Waals surface area (Å²) >= 11 is 12.6. The van der Waals surface area contributed by atoms with Gasteiger partial charge in [0.2, 0.25) is 0 Å². The van der Waals surface area contributed by atoms with Crippen LogP contribution >= 0.6 is 23.2 Å². The van der Waals surface area contributed by atoms with Crippen molar-refractivity contribution in [1.29, 1.82) is 0 Å². The molecule has 2 aromatic carbocycles. The van der Waals surface area contributed by atoms with Crippen molar-refractivity contribution in [3.05, 3.63) is 73.9 Å². The number of H-pyrrole nitrogens is 1. The number of para-hydroxylation sites is 1. The van der Waals surface area contributed by atoms with Crippen LogP contribution in [0.25, 0.3) is 10.9 Å². The van der Waals surface area contributed by atoms with Gasteiger partial charge in [0.05, 0.1) is 5.52 Å². The summed E-state index contributed by atoms with van der Waals surface area (Å²) in [6, 6.07) is 13.3. The Bertz CT molecular complexity index is 1050. The maximum absolute atomic E-state index is 12.2. The first kappa shape index (κ1) is 19.3. The average molecular weight is 416 g/mol. The standard InChI is InChI=1S/C22H23Cl2N3O/c23-14-11-17-15(18(24)12-14)6-3-8-19(17)25-9-4-10-26-22-13-21(28)16-5-1-2-7-20(16)27-22/h1-2,5,7,11-13,19,25H,3-4,6,8-10H2,(H2,26,27,28). The molecule has 1 heterocycles. The van der Waals surface area contributed by atoms with Crippen molar-refractivity contribution < 1.29 is 0 Å². The summed E-state index contributed by atoms with van der Waals surface area (Å²) in [5.41, 5.74) is 3.34. The van der Waals surface area contributed by atoms with E-state index in [1.165, 1.54) is 11.1 Å². The molecule has 6 heteroatoms. The summed E-state index contributed by atoms with van der Waals surface area (Å²) < 4.78 is 0. The van der Waals surface area contributed by atoms with Gasteiger partial charge in [0.25, 0.3) is 0 Å². The lowest BCUT2D eigenvalue weighted by Crippen LogP contribution is -2.27. The fourth-order valence-corrected chi connectivity index (χ4v) is 4.53. The van der Waals surface area contributed by atoms with E-state index < -0.39 is 0 Å². The fraction of sp³-hybridized carbons (Fsp3) is 0.318. The Morgan fingerprint density at radius 3 is 2.86 bits per heavy atom. The van der Waals surface area contributed by atoms with E-state index in [-0.39, 0.29) is 5.43 Å². The predicted octanol–water partition coefficient (Wildman–Crippen LogP) is 5.30. The first-order valence-corrected chi connectivity index (χ1v) is 10.4. The number of hydrogen-bond acceptors (Lipinski definition) is 3. The fourth-order valence-electron chi connectivity index (χ4n) is 3.93. The zero-order chi connectivity index (χ0) is 19.5. The number of rotatable bonds is 6. The predicted molar refractivity (Wildman–Crippen MR) is 118 cm³/mol. The van der Waals surface area contributed by atoms with Gasteiger partial charge in [-0.15, -0.1) is 0 Å². The van der Waals surface area contributed by atoms with Crippen LogP contribution in [0.1, 0.15) is 36.4 Å². The van der Waals surface area contributed by atoms with Gasteiger partial charge in [-0.25, -0.2) is 0 Å². The molecule has 0 spiro atoms. The summed E-state index contributed by atoms with van der Waals surface area (Å²) in [5, 5.41) is 9.12. The molecule has 0 amide bonds. The van der Waals surface area contributed by atoms with E-state index in [4.69, 9.17) is 23.2 Å². The lowest BCUT2D eigenvalue weighted by atomic mass is 9.87. The molecular formula is C22H23Cl2N3O. The highest BCUT2D eigenvalue weighted by atomic mass is 35.5. The second-order valence-electron chi connectivity index (χ2n) is 7.23. The molecule has 1 unspecified atom stereocenters. The van der Waals surface area contributed by atoms with E-state index in [1.54, 1.807) is 6.07 Å². The van der Waals surface area contributed by atoms with E-state index in [0.717, 1.165) is 55.1 Å². The molecule has 0 saturated carbocycles. The van der Waals surface area contributed by atoms with Crippen LogP contribution in [0.5, 0.6) is 0 Å². The molecular weight excluding hydrogens is 393 g/mol. The van der Waals surface area contributed by atoms with E-state index in [2.05, 4.69) is 15.6 Å². The minimum Gasteiger partial charge on any atom is -0.371 e. The molecule has 0 radical (unpaired) electrons. The van der Waals surface area contributed by atoms with Crippen LogP contribution in [0.3, 0.4) is 0 Å². The highest BCUT2D eigenvalue weighted by Crippen LogP contribution is 2.36. The number of nitrogens with one attached hydrogen (secondary N) is 3. The normalized spacial score (nSPS) is 16.1. The second kappa shape index (κ2) is 8.56. The Kier molecular flexibility index (Phi) is 5.90. The van der Waals surface area contributed by atoms with Crippen molar-refractivity contribution in [2.24, 2.45) is 0 Å². The van der Waals surface area contributed by atoms with E-state index in [1.807, 2.05) is 36.4 Å². The highest BCUT2D eigenvalue weighted by molar-refractivity contribution is 6.35. The SMILES string of the molecule is O=c1cc(NCCCNC2CCCc3c(Cl)cc(Cl)cc32)[nH]c2ccccc12. The number of pyridine rings is 1. The largest absolute Gasteiger partial charge is 0.371 e. The van der Waals surface area contributed by atoms with Crippen molar-refractivity contribution in [3.63, 3.8) is 0 Å². The quantitative estimate of drug-likeness (QED) is 0.478. The molecule has 4 rings (SSSR count). The minimum absolute atomic E-state index is 0.0301. The summed E-state index contributed by atoms with van der Waals surface area (Å²) in [4.78, 5) is 15.4. The molecule has 1 aliphatic carbocycles. The van der Waals surface area contributed by atoms with Crippen molar-refractivity contribution >= 4 is 39.9 Å². The third kappa shape index (κ3) is 4.19.